The molecule has 0 amide bonds. The number of hydrogen-bond donors (Lipinski definition) is 0. The molecule has 0 radical (unpaired) electrons. The summed E-state index contributed by atoms with van der Waals surface area (Å²) in [7, 11) is 1.83. The number of anilines is 2. The quantitative estimate of drug-likeness (QED) is 0.375. The fraction of sp³-hybridized carbons (Fsp3) is 0.556. The molecule has 0 aromatic heterocycles. The van der Waals surface area contributed by atoms with Gasteiger partial charge in [0, 0.05) is 29.0 Å². The van der Waals surface area contributed by atoms with E-state index in [1.165, 1.54) is 22.5 Å². The first-order chi connectivity index (χ1) is 14.0. The van der Waals surface area contributed by atoms with Crippen molar-refractivity contribution in [1.29, 1.82) is 0 Å². The van der Waals surface area contributed by atoms with Gasteiger partial charge in [-0.05, 0) is 60.7 Å². The average Bonchev–Trinajstić information content (AvgIpc) is 2.60. The zero-order valence-corrected chi connectivity index (χ0v) is 22.9. The molecule has 2 rings (SSSR count). The Morgan fingerprint density at radius 1 is 0.567 bits per heavy atom. The van der Waals surface area contributed by atoms with Crippen LogP contribution in [0.25, 0.3) is 0 Å². The van der Waals surface area contributed by atoms with Crippen molar-refractivity contribution in [2.45, 2.75) is 91.9 Å². The molecular weight excluding hydrogens is 400 g/mol. The van der Waals surface area contributed by atoms with E-state index in [0.29, 0.717) is 22.6 Å². The van der Waals surface area contributed by atoms with Gasteiger partial charge >= 0.3 is 0 Å². The third-order valence-corrected chi connectivity index (χ3v) is 12.0. The molecule has 0 fully saturated rings. The molecule has 0 atom stereocenters. The summed E-state index contributed by atoms with van der Waals surface area (Å²) in [6.45, 7) is 23.6. The maximum absolute atomic E-state index is 2.49. The van der Waals surface area contributed by atoms with Gasteiger partial charge in [-0.1, -0.05) is 94.5 Å². The minimum absolute atomic E-state index is 0.226. The van der Waals surface area contributed by atoms with Crippen molar-refractivity contribution in [2.24, 2.45) is 0 Å². The number of hydrogen-bond acceptors (Lipinski definition) is 1. The summed E-state index contributed by atoms with van der Waals surface area (Å²) in [5.74, 6) is 0. The SMILES string of the molecule is Cc1ccc(N(C)c2ccc(C)cc2P(C(C)C)C(C)C)c(P(C(C)C)C(C)C)c1. The lowest BCUT2D eigenvalue weighted by molar-refractivity contribution is 1.02. The lowest BCUT2D eigenvalue weighted by Gasteiger charge is -2.35. The van der Waals surface area contributed by atoms with E-state index >= 15 is 0 Å². The van der Waals surface area contributed by atoms with Crippen molar-refractivity contribution < 1.29 is 0 Å². The van der Waals surface area contributed by atoms with Crippen molar-refractivity contribution in [3.05, 3.63) is 47.5 Å². The minimum Gasteiger partial charge on any atom is -0.344 e. The third-order valence-electron chi connectivity index (χ3n) is 5.77. The normalized spacial score (nSPS) is 12.3. The Hall–Kier alpha value is -0.900. The molecular formula is C27H43NP2. The predicted octanol–water partition coefficient (Wildman–Crippen LogP) is 7.92. The number of rotatable bonds is 8. The Morgan fingerprint density at radius 2 is 0.867 bits per heavy atom. The van der Waals surface area contributed by atoms with Crippen LogP contribution in [-0.4, -0.2) is 29.7 Å². The Morgan fingerprint density at radius 3 is 1.13 bits per heavy atom. The highest BCUT2D eigenvalue weighted by Crippen LogP contribution is 2.50. The van der Waals surface area contributed by atoms with Crippen LogP contribution < -0.4 is 15.5 Å². The van der Waals surface area contributed by atoms with E-state index in [9.17, 15) is 0 Å². The highest BCUT2D eigenvalue weighted by atomic mass is 31.1. The topological polar surface area (TPSA) is 3.24 Å². The highest BCUT2D eigenvalue weighted by molar-refractivity contribution is 7.67. The van der Waals surface area contributed by atoms with Gasteiger partial charge in [0.2, 0.25) is 0 Å². The van der Waals surface area contributed by atoms with Crippen LogP contribution in [-0.2, 0) is 0 Å². The predicted molar refractivity (Wildman–Crippen MR) is 144 cm³/mol. The Balaban J connectivity index is 2.69. The first-order valence-electron chi connectivity index (χ1n) is 11.5. The largest absolute Gasteiger partial charge is 0.344 e. The summed E-state index contributed by atoms with van der Waals surface area (Å²) in [6, 6.07) is 14.2. The van der Waals surface area contributed by atoms with E-state index in [4.69, 9.17) is 0 Å². The molecule has 2 aromatic rings. The first-order valence-corrected chi connectivity index (χ1v) is 14.4. The van der Waals surface area contributed by atoms with Crippen molar-refractivity contribution in [3.8, 4) is 0 Å². The second-order valence-corrected chi connectivity index (χ2v) is 16.5. The van der Waals surface area contributed by atoms with Gasteiger partial charge in [-0.3, -0.25) is 0 Å². The molecule has 0 heterocycles. The van der Waals surface area contributed by atoms with Gasteiger partial charge in [0.15, 0.2) is 0 Å². The van der Waals surface area contributed by atoms with Gasteiger partial charge < -0.3 is 4.90 Å². The minimum atomic E-state index is -0.226. The van der Waals surface area contributed by atoms with Crippen LogP contribution in [0.4, 0.5) is 11.4 Å². The molecule has 0 unspecified atom stereocenters. The van der Waals surface area contributed by atoms with Crippen LogP contribution in [0.1, 0.15) is 66.5 Å². The third kappa shape index (κ3) is 5.66. The van der Waals surface area contributed by atoms with Gasteiger partial charge in [0.1, 0.15) is 0 Å². The van der Waals surface area contributed by atoms with Gasteiger partial charge in [-0.25, -0.2) is 0 Å². The molecule has 0 saturated carbocycles. The molecule has 2 aromatic carbocycles. The molecule has 0 N–H and O–H groups in total. The molecule has 0 aliphatic carbocycles. The van der Waals surface area contributed by atoms with Crippen molar-refractivity contribution in [3.63, 3.8) is 0 Å². The van der Waals surface area contributed by atoms with Crippen LogP contribution in [0.15, 0.2) is 36.4 Å². The lowest BCUT2D eigenvalue weighted by atomic mass is 10.1. The van der Waals surface area contributed by atoms with E-state index in [0.717, 1.165) is 0 Å². The second-order valence-electron chi connectivity index (χ2n) is 9.73. The summed E-state index contributed by atoms with van der Waals surface area (Å²) in [6.07, 6.45) is 0. The van der Waals surface area contributed by atoms with Crippen LogP contribution in [0.5, 0.6) is 0 Å². The monoisotopic (exact) mass is 443 g/mol. The molecule has 0 aliphatic heterocycles. The molecule has 0 bridgehead atoms. The smallest absolute Gasteiger partial charge is 0.0486 e. The van der Waals surface area contributed by atoms with E-state index in [1.807, 2.05) is 0 Å². The Bertz CT molecular complexity index is 753. The number of nitrogens with zero attached hydrogens (tertiary/aromatic N) is 1. The number of aryl methyl sites for hydroxylation is 2. The standard InChI is InChI=1S/C27H43NP2/c1-18(2)29(19(3)4)26-16-22(9)12-14-24(26)28(11)25-15-13-23(10)17-27(25)30(20(5)6)21(7)8/h12-21H,1-11H3. The van der Waals surface area contributed by atoms with Gasteiger partial charge in [0.05, 0.1) is 0 Å². The molecule has 1 nitrogen and oxygen atoms in total. The van der Waals surface area contributed by atoms with Crippen LogP contribution in [0, 0.1) is 13.8 Å². The van der Waals surface area contributed by atoms with Gasteiger partial charge in [-0.2, -0.15) is 0 Å². The van der Waals surface area contributed by atoms with E-state index in [-0.39, 0.29) is 15.8 Å². The second kappa shape index (κ2) is 10.6. The van der Waals surface area contributed by atoms with E-state index in [1.54, 1.807) is 10.6 Å². The van der Waals surface area contributed by atoms with Crippen molar-refractivity contribution >= 4 is 37.8 Å². The Kier molecular flexibility index (Phi) is 8.97. The maximum atomic E-state index is 2.49. The molecule has 0 spiro atoms. The van der Waals surface area contributed by atoms with Gasteiger partial charge in [0.25, 0.3) is 0 Å². The fourth-order valence-electron chi connectivity index (χ4n) is 4.68. The molecule has 0 aliphatic rings. The average molecular weight is 444 g/mol. The van der Waals surface area contributed by atoms with Gasteiger partial charge in [-0.15, -0.1) is 0 Å². The summed E-state index contributed by atoms with van der Waals surface area (Å²) in [5.41, 5.74) is 8.22. The van der Waals surface area contributed by atoms with Crippen LogP contribution >= 0.6 is 15.8 Å². The zero-order valence-electron chi connectivity index (χ0n) is 21.1. The summed E-state index contributed by atoms with van der Waals surface area (Å²) in [4.78, 5) is 2.49. The molecule has 0 saturated heterocycles. The van der Waals surface area contributed by atoms with Crippen molar-refractivity contribution in [1.82, 2.24) is 0 Å². The molecule has 3 heteroatoms. The summed E-state index contributed by atoms with van der Waals surface area (Å²) >= 11 is 0. The number of benzene rings is 2. The Labute approximate surface area is 189 Å². The van der Waals surface area contributed by atoms with E-state index < -0.39 is 0 Å². The zero-order chi connectivity index (χ0) is 22.7. The summed E-state index contributed by atoms with van der Waals surface area (Å²) in [5, 5.41) is 3.12. The fourth-order valence-corrected chi connectivity index (χ4v) is 11.0. The van der Waals surface area contributed by atoms with Crippen LogP contribution in [0.2, 0.25) is 0 Å². The lowest BCUT2D eigenvalue weighted by Crippen LogP contribution is -2.27. The maximum Gasteiger partial charge on any atom is 0.0486 e. The highest BCUT2D eigenvalue weighted by Gasteiger charge is 2.27. The molecule has 166 valence electrons. The molecule has 30 heavy (non-hydrogen) atoms. The summed E-state index contributed by atoms with van der Waals surface area (Å²) < 4.78 is 0. The van der Waals surface area contributed by atoms with Crippen LogP contribution in [0.3, 0.4) is 0 Å². The first kappa shape index (κ1) is 25.4. The van der Waals surface area contributed by atoms with E-state index in [2.05, 4.69) is 118 Å². The van der Waals surface area contributed by atoms with Crippen molar-refractivity contribution in [2.75, 3.05) is 11.9 Å².